The summed E-state index contributed by atoms with van der Waals surface area (Å²) in [6.45, 7) is 1.85. The van der Waals surface area contributed by atoms with Gasteiger partial charge in [-0.15, -0.1) is 0 Å². The number of aliphatic hydroxyl groups excluding tert-OH is 1. The minimum atomic E-state index is -0.483. The Morgan fingerprint density at radius 3 is 2.67 bits per heavy atom. The second-order valence-corrected chi connectivity index (χ2v) is 4.42. The van der Waals surface area contributed by atoms with Gasteiger partial charge in [-0.3, -0.25) is 0 Å². The van der Waals surface area contributed by atoms with E-state index >= 15 is 0 Å². The maximum absolute atomic E-state index is 10.0. The fourth-order valence-corrected chi connectivity index (χ4v) is 1.88. The van der Waals surface area contributed by atoms with E-state index < -0.39 is 6.10 Å². The summed E-state index contributed by atoms with van der Waals surface area (Å²) in [5, 5.41) is 13.4. The summed E-state index contributed by atoms with van der Waals surface area (Å²) in [5.41, 5.74) is 6.43. The van der Waals surface area contributed by atoms with Crippen LogP contribution in [0.5, 0.6) is 0 Å². The average molecular weight is 252 g/mol. The fraction of sp³-hybridized carbons (Fsp3) is 0.571. The highest BCUT2D eigenvalue weighted by atomic mass is 16.5. The molecule has 0 bridgehead atoms. The molecule has 0 fully saturated rings. The summed E-state index contributed by atoms with van der Waals surface area (Å²) in [5.74, 6) is 0. The van der Waals surface area contributed by atoms with E-state index in [-0.39, 0.29) is 6.04 Å². The fourth-order valence-electron chi connectivity index (χ4n) is 1.88. The molecule has 0 aromatic heterocycles. The molecule has 0 saturated carbocycles. The van der Waals surface area contributed by atoms with Crippen LogP contribution in [0.15, 0.2) is 30.3 Å². The lowest BCUT2D eigenvalue weighted by Gasteiger charge is -2.20. The second-order valence-electron chi connectivity index (χ2n) is 4.42. The number of nitrogens with one attached hydrogen (secondary N) is 1. The topological polar surface area (TPSA) is 67.5 Å². The van der Waals surface area contributed by atoms with Gasteiger partial charge in [0.2, 0.25) is 0 Å². The summed E-state index contributed by atoms with van der Waals surface area (Å²) < 4.78 is 5.15. The molecule has 0 saturated heterocycles. The van der Waals surface area contributed by atoms with Gasteiger partial charge < -0.3 is 20.9 Å². The van der Waals surface area contributed by atoms with Gasteiger partial charge in [-0.05, 0) is 24.9 Å². The Morgan fingerprint density at radius 2 is 2.06 bits per heavy atom. The molecule has 1 aromatic rings. The van der Waals surface area contributed by atoms with Crippen molar-refractivity contribution in [1.29, 1.82) is 0 Å². The van der Waals surface area contributed by atoms with Crippen molar-refractivity contribution in [2.45, 2.75) is 25.0 Å². The molecule has 0 aliphatic heterocycles. The molecule has 2 unspecified atom stereocenters. The first-order chi connectivity index (χ1) is 8.77. The van der Waals surface area contributed by atoms with Gasteiger partial charge in [0.15, 0.2) is 0 Å². The number of ether oxygens (including phenoxy) is 1. The normalized spacial score (nSPS) is 14.4. The highest BCUT2D eigenvalue weighted by Gasteiger charge is 2.11. The lowest BCUT2D eigenvalue weighted by atomic mass is 10.1. The van der Waals surface area contributed by atoms with Crippen molar-refractivity contribution in [1.82, 2.24) is 5.32 Å². The van der Waals surface area contributed by atoms with Crippen molar-refractivity contribution in [3.63, 3.8) is 0 Å². The summed E-state index contributed by atoms with van der Waals surface area (Å²) in [7, 11) is 1.69. The first-order valence-corrected chi connectivity index (χ1v) is 6.43. The Balaban J connectivity index is 2.36. The van der Waals surface area contributed by atoms with Crippen LogP contribution in [0.1, 0.15) is 24.5 Å². The summed E-state index contributed by atoms with van der Waals surface area (Å²) in [6, 6.07) is 9.91. The molecule has 0 spiro atoms. The molecule has 4 heteroatoms. The molecule has 1 rings (SSSR count). The van der Waals surface area contributed by atoms with Crippen LogP contribution < -0.4 is 11.1 Å². The summed E-state index contributed by atoms with van der Waals surface area (Å²) >= 11 is 0. The predicted molar refractivity (Wildman–Crippen MR) is 73.4 cm³/mol. The number of nitrogens with two attached hydrogens (primary N) is 1. The standard InChI is InChI=1S/C14H24N2O2/c1-18-11-13(8-5-9-15)16-10-14(17)12-6-3-2-4-7-12/h2-4,6-7,13-14,16-17H,5,8-11,15H2,1H3. The molecule has 0 heterocycles. The van der Waals surface area contributed by atoms with E-state index in [2.05, 4.69) is 5.32 Å². The largest absolute Gasteiger partial charge is 0.387 e. The third kappa shape index (κ3) is 5.60. The Bertz CT molecular complexity index is 306. The lowest BCUT2D eigenvalue weighted by Crippen LogP contribution is -2.36. The Labute approximate surface area is 109 Å². The number of aliphatic hydroxyl groups is 1. The number of rotatable bonds is 9. The summed E-state index contributed by atoms with van der Waals surface area (Å²) in [6.07, 6.45) is 1.44. The first kappa shape index (κ1) is 15.1. The van der Waals surface area contributed by atoms with Crippen molar-refractivity contribution in [2.75, 3.05) is 26.8 Å². The van der Waals surface area contributed by atoms with Crippen molar-refractivity contribution in [2.24, 2.45) is 5.73 Å². The van der Waals surface area contributed by atoms with E-state index in [4.69, 9.17) is 10.5 Å². The van der Waals surface area contributed by atoms with Crippen LogP contribution in [0.4, 0.5) is 0 Å². The quantitative estimate of drug-likeness (QED) is 0.615. The van der Waals surface area contributed by atoms with Crippen molar-refractivity contribution < 1.29 is 9.84 Å². The van der Waals surface area contributed by atoms with Crippen molar-refractivity contribution in [3.05, 3.63) is 35.9 Å². The predicted octanol–water partition coefficient (Wildman–Crippen LogP) is 1.06. The molecule has 2 atom stereocenters. The van der Waals surface area contributed by atoms with Gasteiger partial charge in [0, 0.05) is 19.7 Å². The first-order valence-electron chi connectivity index (χ1n) is 6.43. The van der Waals surface area contributed by atoms with Crippen LogP contribution in [0.3, 0.4) is 0 Å². The zero-order valence-electron chi connectivity index (χ0n) is 11.0. The molecule has 0 aliphatic rings. The van der Waals surface area contributed by atoms with E-state index in [1.807, 2.05) is 30.3 Å². The number of hydrogen-bond acceptors (Lipinski definition) is 4. The van der Waals surface area contributed by atoms with Gasteiger partial charge in [0.05, 0.1) is 12.7 Å². The third-order valence-electron chi connectivity index (χ3n) is 2.91. The molecule has 102 valence electrons. The van der Waals surface area contributed by atoms with Gasteiger partial charge in [0.1, 0.15) is 0 Å². The van der Waals surface area contributed by atoms with E-state index in [1.165, 1.54) is 0 Å². The van der Waals surface area contributed by atoms with Crippen LogP contribution in [0, 0.1) is 0 Å². The van der Waals surface area contributed by atoms with Crippen LogP contribution >= 0.6 is 0 Å². The molecular weight excluding hydrogens is 228 g/mol. The van der Waals surface area contributed by atoms with Gasteiger partial charge in [-0.2, -0.15) is 0 Å². The smallest absolute Gasteiger partial charge is 0.0914 e. The molecular formula is C14H24N2O2. The van der Waals surface area contributed by atoms with Crippen LogP contribution in [-0.4, -0.2) is 38.0 Å². The van der Waals surface area contributed by atoms with E-state index in [1.54, 1.807) is 7.11 Å². The number of benzene rings is 1. The van der Waals surface area contributed by atoms with Gasteiger partial charge in [-0.1, -0.05) is 30.3 Å². The van der Waals surface area contributed by atoms with Crippen LogP contribution in [0.2, 0.25) is 0 Å². The minimum Gasteiger partial charge on any atom is -0.387 e. The lowest BCUT2D eigenvalue weighted by molar-refractivity contribution is 0.135. The molecule has 1 aromatic carbocycles. The molecule has 0 radical (unpaired) electrons. The maximum atomic E-state index is 10.0. The van der Waals surface area contributed by atoms with E-state index in [0.29, 0.717) is 19.7 Å². The Kier molecular flexibility index (Phi) is 7.60. The van der Waals surface area contributed by atoms with Gasteiger partial charge in [-0.25, -0.2) is 0 Å². The zero-order chi connectivity index (χ0) is 13.2. The van der Waals surface area contributed by atoms with Crippen LogP contribution in [-0.2, 0) is 4.74 Å². The van der Waals surface area contributed by atoms with Crippen molar-refractivity contribution >= 4 is 0 Å². The average Bonchev–Trinajstić information content (AvgIpc) is 2.42. The summed E-state index contributed by atoms with van der Waals surface area (Å²) in [4.78, 5) is 0. The Morgan fingerprint density at radius 1 is 1.33 bits per heavy atom. The minimum absolute atomic E-state index is 0.247. The van der Waals surface area contributed by atoms with Gasteiger partial charge in [0.25, 0.3) is 0 Å². The number of methoxy groups -OCH3 is 1. The Hall–Kier alpha value is -0.940. The van der Waals surface area contributed by atoms with Gasteiger partial charge >= 0.3 is 0 Å². The zero-order valence-corrected chi connectivity index (χ0v) is 11.0. The molecule has 0 aliphatic carbocycles. The van der Waals surface area contributed by atoms with E-state index in [9.17, 15) is 5.11 Å². The van der Waals surface area contributed by atoms with Crippen molar-refractivity contribution in [3.8, 4) is 0 Å². The van der Waals surface area contributed by atoms with E-state index in [0.717, 1.165) is 18.4 Å². The van der Waals surface area contributed by atoms with Crippen LogP contribution in [0.25, 0.3) is 0 Å². The molecule has 0 amide bonds. The molecule has 4 nitrogen and oxygen atoms in total. The highest BCUT2D eigenvalue weighted by Crippen LogP contribution is 2.11. The SMILES string of the molecule is COCC(CCCN)NCC(O)c1ccccc1. The molecule has 4 N–H and O–H groups in total. The second kappa shape index (κ2) is 9.05. The third-order valence-corrected chi connectivity index (χ3v) is 2.91. The highest BCUT2D eigenvalue weighted by molar-refractivity contribution is 5.17. The maximum Gasteiger partial charge on any atom is 0.0914 e. The number of hydrogen-bond donors (Lipinski definition) is 3. The molecule has 18 heavy (non-hydrogen) atoms. The monoisotopic (exact) mass is 252 g/mol.